The summed E-state index contributed by atoms with van der Waals surface area (Å²) in [5.41, 5.74) is 1.27. The van der Waals surface area contributed by atoms with Crippen LogP contribution >= 0.6 is 0 Å². The lowest BCUT2D eigenvalue weighted by molar-refractivity contribution is 0.0948. The van der Waals surface area contributed by atoms with E-state index in [0.29, 0.717) is 12.2 Å². The number of aliphatic hydroxyl groups is 1. The van der Waals surface area contributed by atoms with Gasteiger partial charge in [-0.2, -0.15) is 0 Å². The third-order valence-corrected chi connectivity index (χ3v) is 2.95. The van der Waals surface area contributed by atoms with Crippen LogP contribution in [0.25, 0.3) is 10.9 Å². The van der Waals surface area contributed by atoms with Gasteiger partial charge in [0.1, 0.15) is 5.69 Å². The highest BCUT2D eigenvalue weighted by molar-refractivity contribution is 5.94. The normalized spacial score (nSPS) is 10.6. The van der Waals surface area contributed by atoms with E-state index in [1.807, 2.05) is 30.3 Å². The van der Waals surface area contributed by atoms with Gasteiger partial charge < -0.3 is 10.4 Å². The number of benzene rings is 1. The predicted molar refractivity (Wildman–Crippen MR) is 75.0 cm³/mol. The fourth-order valence-electron chi connectivity index (χ4n) is 1.90. The molecule has 1 amide bonds. The first-order valence-corrected chi connectivity index (χ1v) is 6.56. The lowest BCUT2D eigenvalue weighted by Gasteiger charge is -2.05. The van der Waals surface area contributed by atoms with Gasteiger partial charge >= 0.3 is 0 Å². The molecule has 1 heterocycles. The maximum absolute atomic E-state index is 11.9. The first-order valence-electron chi connectivity index (χ1n) is 6.56. The molecule has 4 heteroatoms. The van der Waals surface area contributed by atoms with E-state index in [4.69, 9.17) is 5.11 Å². The van der Waals surface area contributed by atoms with Crippen LogP contribution in [0, 0.1) is 0 Å². The van der Waals surface area contributed by atoms with Crippen LogP contribution in [-0.2, 0) is 0 Å². The number of nitrogens with one attached hydrogen (secondary N) is 1. The standard InChI is InChI=1S/C15H18N2O2/c18-11-5-1-4-10-16-15(19)14-9-8-12-6-2-3-7-13(12)17-14/h2-3,6-9,18H,1,4-5,10-11H2,(H,16,19). The second-order valence-electron chi connectivity index (χ2n) is 4.43. The van der Waals surface area contributed by atoms with E-state index in [1.54, 1.807) is 6.07 Å². The molecule has 1 aromatic heterocycles. The molecule has 2 rings (SSSR count). The number of carbonyl (C=O) groups excluding carboxylic acids is 1. The Morgan fingerprint density at radius 1 is 1.11 bits per heavy atom. The average Bonchev–Trinajstić information content (AvgIpc) is 2.46. The molecule has 0 saturated carbocycles. The number of hydrogen-bond acceptors (Lipinski definition) is 3. The van der Waals surface area contributed by atoms with E-state index in [9.17, 15) is 4.79 Å². The highest BCUT2D eigenvalue weighted by atomic mass is 16.2. The van der Waals surface area contributed by atoms with Crippen molar-refractivity contribution in [1.82, 2.24) is 10.3 Å². The number of unbranched alkanes of at least 4 members (excludes halogenated alkanes) is 2. The minimum absolute atomic E-state index is 0.144. The Morgan fingerprint density at radius 3 is 2.79 bits per heavy atom. The van der Waals surface area contributed by atoms with Crippen molar-refractivity contribution in [2.75, 3.05) is 13.2 Å². The van der Waals surface area contributed by atoms with Crippen molar-refractivity contribution in [3.05, 3.63) is 42.1 Å². The van der Waals surface area contributed by atoms with E-state index >= 15 is 0 Å². The van der Waals surface area contributed by atoms with Crippen molar-refractivity contribution in [3.63, 3.8) is 0 Å². The zero-order valence-corrected chi connectivity index (χ0v) is 10.8. The van der Waals surface area contributed by atoms with Gasteiger partial charge in [0, 0.05) is 18.5 Å². The summed E-state index contributed by atoms with van der Waals surface area (Å²) >= 11 is 0. The minimum atomic E-state index is -0.144. The fraction of sp³-hybridized carbons (Fsp3) is 0.333. The lowest BCUT2D eigenvalue weighted by atomic mass is 10.2. The number of para-hydroxylation sites is 1. The van der Waals surface area contributed by atoms with Crippen LogP contribution in [-0.4, -0.2) is 29.1 Å². The number of amides is 1. The molecule has 0 aliphatic rings. The zero-order valence-electron chi connectivity index (χ0n) is 10.8. The highest BCUT2D eigenvalue weighted by Gasteiger charge is 2.06. The Balaban J connectivity index is 1.93. The summed E-state index contributed by atoms with van der Waals surface area (Å²) < 4.78 is 0. The van der Waals surface area contributed by atoms with Crippen LogP contribution in [0.15, 0.2) is 36.4 Å². The van der Waals surface area contributed by atoms with Crippen LogP contribution in [0.3, 0.4) is 0 Å². The van der Waals surface area contributed by atoms with Crippen LogP contribution in [0.2, 0.25) is 0 Å². The molecule has 2 aromatic rings. The monoisotopic (exact) mass is 258 g/mol. The topological polar surface area (TPSA) is 62.2 Å². The quantitative estimate of drug-likeness (QED) is 0.780. The van der Waals surface area contributed by atoms with Gasteiger partial charge in [0.2, 0.25) is 0 Å². The lowest BCUT2D eigenvalue weighted by Crippen LogP contribution is -2.25. The predicted octanol–water partition coefficient (Wildman–Crippen LogP) is 2.13. The number of rotatable bonds is 6. The van der Waals surface area contributed by atoms with Crippen molar-refractivity contribution in [2.24, 2.45) is 0 Å². The average molecular weight is 258 g/mol. The second kappa shape index (κ2) is 6.85. The summed E-state index contributed by atoms with van der Waals surface area (Å²) in [5.74, 6) is -0.144. The number of nitrogens with zero attached hydrogens (tertiary/aromatic N) is 1. The van der Waals surface area contributed by atoms with Gasteiger partial charge in [-0.15, -0.1) is 0 Å². The first kappa shape index (κ1) is 13.5. The molecule has 0 aliphatic carbocycles. The molecule has 0 radical (unpaired) electrons. The van der Waals surface area contributed by atoms with Gasteiger partial charge in [-0.05, 0) is 31.4 Å². The van der Waals surface area contributed by atoms with E-state index in [1.165, 1.54) is 0 Å². The Labute approximate surface area is 112 Å². The maximum Gasteiger partial charge on any atom is 0.269 e. The summed E-state index contributed by atoms with van der Waals surface area (Å²) in [5, 5.41) is 12.5. The Bertz CT molecular complexity index is 555. The molecular weight excluding hydrogens is 240 g/mol. The van der Waals surface area contributed by atoms with Gasteiger partial charge in [0.15, 0.2) is 0 Å². The van der Waals surface area contributed by atoms with Crippen LogP contribution < -0.4 is 5.32 Å². The van der Waals surface area contributed by atoms with Crippen LogP contribution in [0.5, 0.6) is 0 Å². The Hall–Kier alpha value is -1.94. The number of hydrogen-bond donors (Lipinski definition) is 2. The zero-order chi connectivity index (χ0) is 13.5. The van der Waals surface area contributed by atoms with Crippen molar-refractivity contribution in [1.29, 1.82) is 0 Å². The number of aromatic nitrogens is 1. The van der Waals surface area contributed by atoms with Gasteiger partial charge in [-0.3, -0.25) is 4.79 Å². The fourth-order valence-corrected chi connectivity index (χ4v) is 1.90. The van der Waals surface area contributed by atoms with Crippen molar-refractivity contribution >= 4 is 16.8 Å². The van der Waals surface area contributed by atoms with E-state index in [0.717, 1.165) is 30.2 Å². The summed E-state index contributed by atoms with van der Waals surface area (Å²) in [4.78, 5) is 16.2. The van der Waals surface area contributed by atoms with Crippen LogP contribution in [0.1, 0.15) is 29.8 Å². The summed E-state index contributed by atoms with van der Waals surface area (Å²) in [6, 6.07) is 11.4. The van der Waals surface area contributed by atoms with Crippen molar-refractivity contribution in [3.8, 4) is 0 Å². The van der Waals surface area contributed by atoms with Crippen molar-refractivity contribution in [2.45, 2.75) is 19.3 Å². The molecule has 4 nitrogen and oxygen atoms in total. The van der Waals surface area contributed by atoms with Crippen LogP contribution in [0.4, 0.5) is 0 Å². The summed E-state index contributed by atoms with van der Waals surface area (Å²) in [6.07, 6.45) is 2.58. The highest BCUT2D eigenvalue weighted by Crippen LogP contribution is 2.11. The summed E-state index contributed by atoms with van der Waals surface area (Å²) in [7, 11) is 0. The number of carbonyl (C=O) groups is 1. The largest absolute Gasteiger partial charge is 0.396 e. The number of aliphatic hydroxyl groups excluding tert-OH is 1. The van der Waals surface area contributed by atoms with Gasteiger partial charge in [0.05, 0.1) is 5.52 Å². The third kappa shape index (κ3) is 3.76. The molecule has 0 fully saturated rings. The Kier molecular flexibility index (Phi) is 4.86. The van der Waals surface area contributed by atoms with Crippen molar-refractivity contribution < 1.29 is 9.90 Å². The molecule has 0 spiro atoms. The minimum Gasteiger partial charge on any atom is -0.396 e. The molecule has 100 valence electrons. The van der Waals surface area contributed by atoms with E-state index in [-0.39, 0.29) is 12.5 Å². The maximum atomic E-state index is 11.9. The molecule has 0 atom stereocenters. The third-order valence-electron chi connectivity index (χ3n) is 2.95. The number of fused-ring (bicyclic) bond motifs is 1. The van der Waals surface area contributed by atoms with E-state index in [2.05, 4.69) is 10.3 Å². The van der Waals surface area contributed by atoms with E-state index < -0.39 is 0 Å². The molecule has 0 bridgehead atoms. The summed E-state index contributed by atoms with van der Waals surface area (Å²) in [6.45, 7) is 0.827. The molecule has 19 heavy (non-hydrogen) atoms. The molecule has 0 aliphatic heterocycles. The molecule has 1 aromatic carbocycles. The van der Waals surface area contributed by atoms with Gasteiger partial charge in [-0.1, -0.05) is 24.3 Å². The molecular formula is C15H18N2O2. The first-order chi connectivity index (χ1) is 9.31. The van der Waals surface area contributed by atoms with Gasteiger partial charge in [-0.25, -0.2) is 4.98 Å². The molecule has 0 saturated heterocycles. The molecule has 0 unspecified atom stereocenters. The second-order valence-corrected chi connectivity index (χ2v) is 4.43. The Morgan fingerprint density at radius 2 is 1.95 bits per heavy atom. The molecule has 2 N–H and O–H groups in total. The van der Waals surface area contributed by atoms with Gasteiger partial charge in [0.25, 0.3) is 5.91 Å². The number of pyridine rings is 1. The SMILES string of the molecule is O=C(NCCCCCO)c1ccc2ccccc2n1. The smallest absolute Gasteiger partial charge is 0.269 e.